The lowest BCUT2D eigenvalue weighted by Gasteiger charge is -2.35. The third-order valence-electron chi connectivity index (χ3n) is 10.7. The minimum atomic E-state index is 0.457. The van der Waals surface area contributed by atoms with E-state index in [4.69, 9.17) is 0 Å². The van der Waals surface area contributed by atoms with Gasteiger partial charge in [0.05, 0.1) is 5.69 Å². The number of nitrogens with zero attached hydrogens (tertiary/aromatic N) is 1. The highest BCUT2D eigenvalue weighted by Gasteiger charge is 2.31. The molecule has 0 bridgehead atoms. The smallest absolute Gasteiger partial charge is 0.0615 e. The summed E-state index contributed by atoms with van der Waals surface area (Å²) >= 11 is 0. The van der Waals surface area contributed by atoms with Crippen LogP contribution >= 0.6 is 0 Å². The topological polar surface area (TPSA) is 4.93 Å². The first-order valence-corrected chi connectivity index (χ1v) is 17.7. The molecule has 2 unspecified atom stereocenters. The zero-order chi connectivity index (χ0) is 33.2. The van der Waals surface area contributed by atoms with Crippen LogP contribution in [0.15, 0.2) is 144 Å². The standard InChI is InChI=1S/C47H47N/c1-6-14-40(46(32(2)3)41-19-12-10-15-33(41)4)34(5)21-22-35-23-29-43-44(30-24-35)48(45-31-38-18-11-13-20-42(38)47(43)45)39-27-25-37(26-28-39)36-16-8-7-9-17-36/h6-11,13,15-18,20-21,23,25-30,32,40,46H,1,12,14,19,22,31H2,2-5H3/b34-21-. The summed E-state index contributed by atoms with van der Waals surface area (Å²) in [6.07, 6.45) is 21.3. The number of rotatable bonds is 10. The van der Waals surface area contributed by atoms with Crippen molar-refractivity contribution < 1.29 is 0 Å². The van der Waals surface area contributed by atoms with Crippen LogP contribution in [0.4, 0.5) is 0 Å². The lowest BCUT2D eigenvalue weighted by Crippen LogP contribution is -2.25. The molecular weight excluding hydrogens is 579 g/mol. The molecule has 0 spiro atoms. The van der Waals surface area contributed by atoms with Gasteiger partial charge in [-0.3, -0.25) is 0 Å². The number of allylic oxidation sites excluding steroid dienone is 9. The van der Waals surface area contributed by atoms with Crippen LogP contribution in [0.25, 0.3) is 40.1 Å². The average molecular weight is 626 g/mol. The van der Waals surface area contributed by atoms with Crippen LogP contribution in [0.2, 0.25) is 0 Å². The maximum Gasteiger partial charge on any atom is 0.0615 e. The van der Waals surface area contributed by atoms with E-state index in [1.807, 2.05) is 0 Å². The fraction of sp³-hybridized carbons (Fsp3) is 0.255. The van der Waals surface area contributed by atoms with Crippen molar-refractivity contribution in [2.24, 2.45) is 17.8 Å². The predicted octanol–water partition coefficient (Wildman–Crippen LogP) is 12.7. The molecule has 0 fully saturated rings. The monoisotopic (exact) mass is 625 g/mol. The molecule has 240 valence electrons. The van der Waals surface area contributed by atoms with Crippen LogP contribution in [0, 0.1) is 17.8 Å². The van der Waals surface area contributed by atoms with Crippen LogP contribution in [0.5, 0.6) is 0 Å². The molecule has 3 aromatic carbocycles. The van der Waals surface area contributed by atoms with Crippen molar-refractivity contribution in [3.8, 4) is 27.9 Å². The Morgan fingerprint density at radius 1 is 0.917 bits per heavy atom. The summed E-state index contributed by atoms with van der Waals surface area (Å²) in [5, 5.41) is 0. The Morgan fingerprint density at radius 3 is 2.42 bits per heavy atom. The Hall–Kier alpha value is -4.84. The SMILES string of the molecule is C=CCC(/C(C)=C\CC1=C=Cc2c(c3c(n2-c2ccc(-c4ccccc4)cc2)Cc2ccccc2-3)C=C1)C(C1=C(C)C=CCC1)C(C)C. The van der Waals surface area contributed by atoms with Crippen molar-refractivity contribution in [2.75, 3.05) is 0 Å². The second kappa shape index (κ2) is 13.7. The van der Waals surface area contributed by atoms with Crippen molar-refractivity contribution in [2.45, 2.75) is 59.8 Å². The number of hydrogen-bond donors (Lipinski definition) is 0. The van der Waals surface area contributed by atoms with E-state index in [0.717, 1.165) is 25.7 Å². The quantitative estimate of drug-likeness (QED) is 0.107. The normalized spacial score (nSPS) is 16.4. The molecule has 1 heteroatoms. The van der Waals surface area contributed by atoms with E-state index in [-0.39, 0.29) is 0 Å². The second-order valence-corrected chi connectivity index (χ2v) is 14.1. The van der Waals surface area contributed by atoms with Crippen LogP contribution in [0.1, 0.15) is 75.9 Å². The van der Waals surface area contributed by atoms with Crippen LogP contribution in [-0.2, 0) is 6.42 Å². The largest absolute Gasteiger partial charge is 0.312 e. The molecular formula is C47H47N. The number of aromatic nitrogens is 1. The number of hydrogen-bond acceptors (Lipinski definition) is 0. The van der Waals surface area contributed by atoms with Gasteiger partial charge in [0.1, 0.15) is 0 Å². The Morgan fingerprint density at radius 2 is 1.67 bits per heavy atom. The van der Waals surface area contributed by atoms with E-state index in [9.17, 15) is 0 Å². The molecule has 2 atom stereocenters. The van der Waals surface area contributed by atoms with Gasteiger partial charge in [0.15, 0.2) is 0 Å². The zero-order valence-electron chi connectivity index (χ0n) is 29.0. The van der Waals surface area contributed by atoms with Crippen molar-refractivity contribution >= 4 is 12.2 Å². The summed E-state index contributed by atoms with van der Waals surface area (Å²) in [4.78, 5) is 0. The van der Waals surface area contributed by atoms with E-state index >= 15 is 0 Å². The van der Waals surface area contributed by atoms with Crippen LogP contribution < -0.4 is 0 Å². The van der Waals surface area contributed by atoms with E-state index in [0.29, 0.717) is 17.8 Å². The van der Waals surface area contributed by atoms with Crippen molar-refractivity contribution in [3.63, 3.8) is 0 Å². The number of fused-ring (bicyclic) bond motifs is 5. The first-order chi connectivity index (χ1) is 23.4. The Kier molecular flexibility index (Phi) is 9.07. The molecule has 3 aliphatic carbocycles. The van der Waals surface area contributed by atoms with Gasteiger partial charge in [-0.25, -0.2) is 0 Å². The van der Waals surface area contributed by atoms with Crippen molar-refractivity contribution in [1.82, 2.24) is 4.57 Å². The van der Waals surface area contributed by atoms with E-state index < -0.39 is 0 Å². The zero-order valence-corrected chi connectivity index (χ0v) is 29.0. The Bertz CT molecular complexity index is 2030. The molecule has 1 nitrogen and oxygen atoms in total. The maximum absolute atomic E-state index is 4.17. The summed E-state index contributed by atoms with van der Waals surface area (Å²) in [6.45, 7) is 13.6. The summed E-state index contributed by atoms with van der Waals surface area (Å²) in [5.74, 6) is 1.56. The molecule has 3 aliphatic rings. The second-order valence-electron chi connectivity index (χ2n) is 14.1. The van der Waals surface area contributed by atoms with Gasteiger partial charge in [-0.15, -0.1) is 12.3 Å². The molecule has 0 aliphatic heterocycles. The van der Waals surface area contributed by atoms with Crippen LogP contribution in [-0.4, -0.2) is 4.57 Å². The van der Waals surface area contributed by atoms with Gasteiger partial charge in [-0.2, -0.15) is 0 Å². The van der Waals surface area contributed by atoms with Gasteiger partial charge >= 0.3 is 0 Å². The Balaban J connectivity index is 1.24. The molecule has 4 aromatic rings. The summed E-state index contributed by atoms with van der Waals surface area (Å²) < 4.78 is 2.48. The lowest BCUT2D eigenvalue weighted by atomic mass is 9.70. The Labute approximate surface area is 287 Å². The fourth-order valence-corrected chi connectivity index (χ4v) is 8.35. The molecule has 7 rings (SSSR count). The molecule has 1 heterocycles. The van der Waals surface area contributed by atoms with E-state index in [2.05, 4.69) is 166 Å². The highest BCUT2D eigenvalue weighted by molar-refractivity contribution is 5.90. The molecule has 1 aromatic heterocycles. The molecule has 48 heavy (non-hydrogen) atoms. The van der Waals surface area contributed by atoms with Gasteiger partial charge in [-0.05, 0) is 97.2 Å². The van der Waals surface area contributed by atoms with E-state index in [1.165, 1.54) is 73.6 Å². The molecule has 0 saturated heterocycles. The maximum atomic E-state index is 4.17. The van der Waals surface area contributed by atoms with E-state index in [1.54, 1.807) is 5.57 Å². The lowest BCUT2D eigenvalue weighted by molar-refractivity contribution is 0.323. The van der Waals surface area contributed by atoms with Gasteiger partial charge in [0.2, 0.25) is 0 Å². The third-order valence-corrected chi connectivity index (χ3v) is 10.7. The summed E-state index contributed by atoms with van der Waals surface area (Å²) in [5.41, 5.74) is 21.2. The fourth-order valence-electron chi connectivity index (χ4n) is 8.35. The van der Waals surface area contributed by atoms with Crippen molar-refractivity contribution in [3.05, 3.63) is 166 Å². The average Bonchev–Trinajstić information content (AvgIpc) is 3.54. The first kappa shape index (κ1) is 31.7. The molecule has 0 radical (unpaired) electrons. The van der Waals surface area contributed by atoms with Crippen molar-refractivity contribution in [1.29, 1.82) is 0 Å². The molecule has 0 amide bonds. The highest BCUT2D eigenvalue weighted by Crippen LogP contribution is 2.45. The van der Waals surface area contributed by atoms with Gasteiger partial charge in [-0.1, -0.05) is 134 Å². The summed E-state index contributed by atoms with van der Waals surface area (Å²) in [6, 6.07) is 28.6. The van der Waals surface area contributed by atoms with Crippen LogP contribution in [0.3, 0.4) is 0 Å². The number of benzene rings is 3. The van der Waals surface area contributed by atoms with Gasteiger partial charge < -0.3 is 4.57 Å². The minimum Gasteiger partial charge on any atom is -0.312 e. The predicted molar refractivity (Wildman–Crippen MR) is 206 cm³/mol. The first-order valence-electron chi connectivity index (χ1n) is 17.7. The molecule has 0 N–H and O–H groups in total. The summed E-state index contributed by atoms with van der Waals surface area (Å²) in [7, 11) is 0. The van der Waals surface area contributed by atoms with Gasteiger partial charge in [0, 0.05) is 35.0 Å². The molecule has 0 saturated carbocycles. The highest BCUT2D eigenvalue weighted by atomic mass is 15.0. The third kappa shape index (κ3) is 6.00. The van der Waals surface area contributed by atoms with Gasteiger partial charge in [0.25, 0.3) is 0 Å². The minimum absolute atomic E-state index is 0.457.